The molecule has 1 aromatic heterocycles. The number of benzene rings is 1. The van der Waals surface area contributed by atoms with Gasteiger partial charge in [0.25, 0.3) is 0 Å². The van der Waals surface area contributed by atoms with Gasteiger partial charge in [0.15, 0.2) is 0 Å². The second-order valence-corrected chi connectivity index (χ2v) is 6.67. The zero-order chi connectivity index (χ0) is 20.1. The number of aryl methyl sites for hydroxylation is 1. The summed E-state index contributed by atoms with van der Waals surface area (Å²) in [6, 6.07) is 4.67. The molecule has 0 bridgehead atoms. The summed E-state index contributed by atoms with van der Waals surface area (Å²) in [7, 11) is 1.65. The third-order valence-electron chi connectivity index (χ3n) is 4.71. The van der Waals surface area contributed by atoms with Crippen LogP contribution in [0.1, 0.15) is 37.3 Å². The molecule has 28 heavy (non-hydrogen) atoms. The fourth-order valence-corrected chi connectivity index (χ4v) is 3.25. The first kappa shape index (κ1) is 19.9. The van der Waals surface area contributed by atoms with Gasteiger partial charge in [0.2, 0.25) is 11.8 Å². The molecule has 1 aliphatic heterocycles. The Bertz CT molecular complexity index is 1010. The molecule has 148 valence electrons. The fourth-order valence-electron chi connectivity index (χ4n) is 3.25. The molecule has 8 nitrogen and oxygen atoms in total. The van der Waals surface area contributed by atoms with Crippen LogP contribution in [-0.2, 0) is 21.4 Å². The van der Waals surface area contributed by atoms with Crippen LogP contribution < -0.4 is 11.0 Å². The number of imide groups is 1. The predicted molar refractivity (Wildman–Crippen MR) is 103 cm³/mol. The molecule has 0 saturated carbocycles. The number of ether oxygens (including phenoxy) is 1. The van der Waals surface area contributed by atoms with Crippen LogP contribution in [-0.4, -0.2) is 45.9 Å². The minimum atomic E-state index is -0.696. The first-order valence-corrected chi connectivity index (χ1v) is 9.25. The molecule has 1 atom stereocenters. The molecule has 1 aromatic carbocycles. The van der Waals surface area contributed by atoms with Crippen LogP contribution in [0, 0.1) is 11.8 Å². The number of carbonyl (C=O) groups is 2. The fraction of sp³-hybridized carbons (Fsp3) is 0.450. The Hall–Kier alpha value is -2.89. The number of amides is 2. The monoisotopic (exact) mass is 385 g/mol. The number of hydrogen-bond donors (Lipinski definition) is 2. The van der Waals surface area contributed by atoms with Crippen LogP contribution in [0.4, 0.5) is 0 Å². The highest BCUT2D eigenvalue weighted by molar-refractivity contribution is 6.00. The third kappa shape index (κ3) is 4.16. The number of nitrogens with one attached hydrogen (secondary N) is 1. The summed E-state index contributed by atoms with van der Waals surface area (Å²) in [5.74, 6) is 5.17. The van der Waals surface area contributed by atoms with E-state index in [4.69, 9.17) is 9.84 Å². The molecule has 3 rings (SSSR count). The van der Waals surface area contributed by atoms with Crippen LogP contribution >= 0.6 is 0 Å². The van der Waals surface area contributed by atoms with Crippen LogP contribution in [0.5, 0.6) is 0 Å². The molecular formula is C20H23N3O5. The van der Waals surface area contributed by atoms with Crippen molar-refractivity contribution >= 4 is 22.8 Å². The van der Waals surface area contributed by atoms with E-state index in [0.29, 0.717) is 37.1 Å². The maximum atomic E-state index is 12.7. The Morgan fingerprint density at radius 3 is 2.82 bits per heavy atom. The number of fused-ring (bicyclic) bond motifs is 1. The molecule has 1 fully saturated rings. The van der Waals surface area contributed by atoms with Crippen molar-refractivity contribution in [1.29, 1.82) is 0 Å². The highest BCUT2D eigenvalue weighted by Crippen LogP contribution is 2.23. The van der Waals surface area contributed by atoms with Gasteiger partial charge in [0.05, 0.1) is 11.0 Å². The molecule has 0 aliphatic carbocycles. The maximum Gasteiger partial charge on any atom is 0.329 e. The second-order valence-electron chi connectivity index (χ2n) is 6.67. The lowest BCUT2D eigenvalue weighted by Crippen LogP contribution is -2.44. The zero-order valence-corrected chi connectivity index (χ0v) is 15.7. The molecule has 0 spiro atoms. The average Bonchev–Trinajstić information content (AvgIpc) is 2.92. The van der Waals surface area contributed by atoms with Crippen molar-refractivity contribution < 1.29 is 19.4 Å². The van der Waals surface area contributed by atoms with Gasteiger partial charge < -0.3 is 9.84 Å². The second kappa shape index (κ2) is 8.87. The van der Waals surface area contributed by atoms with Gasteiger partial charge in [-0.25, -0.2) is 4.79 Å². The van der Waals surface area contributed by atoms with Gasteiger partial charge in [0.1, 0.15) is 12.6 Å². The molecule has 2 aromatic rings. The summed E-state index contributed by atoms with van der Waals surface area (Å²) in [6.07, 6.45) is 2.02. The molecular weight excluding hydrogens is 362 g/mol. The number of carbonyl (C=O) groups excluding carboxylic acids is 2. The van der Waals surface area contributed by atoms with Crippen LogP contribution in [0.3, 0.4) is 0 Å². The van der Waals surface area contributed by atoms with Gasteiger partial charge in [0, 0.05) is 32.2 Å². The topological polar surface area (TPSA) is 103 Å². The number of hydrogen-bond acceptors (Lipinski definition) is 5. The first-order valence-electron chi connectivity index (χ1n) is 9.25. The lowest BCUT2D eigenvalue weighted by molar-refractivity contribution is -0.135. The number of aliphatic hydroxyl groups excluding tert-OH is 1. The summed E-state index contributed by atoms with van der Waals surface area (Å²) in [5.41, 5.74) is 1.74. The number of aromatic nitrogens is 2. The lowest BCUT2D eigenvalue weighted by atomic mass is 10.1. The summed E-state index contributed by atoms with van der Waals surface area (Å²) in [4.78, 5) is 36.3. The smallest absolute Gasteiger partial charge is 0.329 e. The SMILES string of the molecule is Cn1c(=O)n(C2CCC(=O)NC2=O)c2ccc(C#CCOCCCCO)cc21. The van der Waals surface area contributed by atoms with E-state index in [9.17, 15) is 14.4 Å². The van der Waals surface area contributed by atoms with E-state index in [1.54, 1.807) is 25.2 Å². The van der Waals surface area contributed by atoms with Gasteiger partial charge in [-0.1, -0.05) is 11.8 Å². The van der Waals surface area contributed by atoms with E-state index in [-0.39, 0.29) is 24.6 Å². The molecule has 1 aliphatic rings. The van der Waals surface area contributed by atoms with E-state index in [1.165, 1.54) is 9.13 Å². The van der Waals surface area contributed by atoms with E-state index in [2.05, 4.69) is 17.2 Å². The number of aliphatic hydroxyl groups is 1. The van der Waals surface area contributed by atoms with Crippen molar-refractivity contribution in [3.8, 4) is 11.8 Å². The van der Waals surface area contributed by atoms with Gasteiger partial charge in [-0.3, -0.25) is 24.0 Å². The predicted octanol–water partition coefficient (Wildman–Crippen LogP) is 0.458. The number of imidazole rings is 1. The van der Waals surface area contributed by atoms with E-state index >= 15 is 0 Å². The quantitative estimate of drug-likeness (QED) is 0.427. The van der Waals surface area contributed by atoms with Crippen molar-refractivity contribution in [3.05, 3.63) is 34.2 Å². The maximum absolute atomic E-state index is 12.7. The standard InChI is InChI=1S/C20H23N3O5/c1-22-17-13-14(5-4-12-28-11-3-2-10-24)6-7-15(17)23(20(22)27)16-8-9-18(25)21-19(16)26/h6-7,13,16,24H,2-3,8-12H2,1H3,(H,21,25,26). The summed E-state index contributed by atoms with van der Waals surface area (Å²) in [6.45, 7) is 1.00. The van der Waals surface area contributed by atoms with Crippen molar-refractivity contribution in [2.75, 3.05) is 19.8 Å². The number of rotatable bonds is 6. The van der Waals surface area contributed by atoms with Crippen molar-refractivity contribution in [3.63, 3.8) is 0 Å². The summed E-state index contributed by atoms with van der Waals surface area (Å²) >= 11 is 0. The third-order valence-corrected chi connectivity index (χ3v) is 4.71. The highest BCUT2D eigenvalue weighted by atomic mass is 16.5. The van der Waals surface area contributed by atoms with Gasteiger partial charge in [-0.2, -0.15) is 0 Å². The Kier molecular flexibility index (Phi) is 6.29. The lowest BCUT2D eigenvalue weighted by Gasteiger charge is -2.21. The van der Waals surface area contributed by atoms with Crippen molar-refractivity contribution in [1.82, 2.24) is 14.5 Å². The average molecular weight is 385 g/mol. The van der Waals surface area contributed by atoms with Crippen LogP contribution in [0.2, 0.25) is 0 Å². The van der Waals surface area contributed by atoms with Crippen LogP contribution in [0.25, 0.3) is 11.0 Å². The van der Waals surface area contributed by atoms with Crippen molar-refractivity contribution in [2.45, 2.75) is 31.7 Å². The van der Waals surface area contributed by atoms with Crippen molar-refractivity contribution in [2.24, 2.45) is 7.05 Å². The van der Waals surface area contributed by atoms with E-state index < -0.39 is 11.9 Å². The minimum absolute atomic E-state index is 0.159. The number of piperidine rings is 1. The van der Waals surface area contributed by atoms with E-state index in [1.807, 2.05) is 0 Å². The van der Waals surface area contributed by atoms with Gasteiger partial charge in [-0.15, -0.1) is 0 Å². The summed E-state index contributed by atoms with van der Waals surface area (Å²) < 4.78 is 8.30. The highest BCUT2D eigenvalue weighted by Gasteiger charge is 2.31. The summed E-state index contributed by atoms with van der Waals surface area (Å²) in [5, 5.41) is 11.0. The molecule has 2 amide bonds. The zero-order valence-electron chi connectivity index (χ0n) is 15.7. The molecule has 2 heterocycles. The molecule has 1 saturated heterocycles. The number of unbranched alkanes of at least 4 members (excludes halogenated alkanes) is 1. The Morgan fingerprint density at radius 2 is 2.07 bits per heavy atom. The van der Waals surface area contributed by atoms with Gasteiger partial charge >= 0.3 is 5.69 Å². The van der Waals surface area contributed by atoms with Gasteiger partial charge in [-0.05, 0) is 37.5 Å². The normalized spacial score (nSPS) is 16.7. The Labute approximate surface area is 162 Å². The molecule has 1 unspecified atom stereocenters. The van der Waals surface area contributed by atoms with E-state index in [0.717, 1.165) is 12.0 Å². The minimum Gasteiger partial charge on any atom is -0.396 e. The van der Waals surface area contributed by atoms with Crippen LogP contribution in [0.15, 0.2) is 23.0 Å². The molecule has 0 radical (unpaired) electrons. The molecule has 8 heteroatoms. The largest absolute Gasteiger partial charge is 0.396 e. The molecule has 2 N–H and O–H groups in total. The number of nitrogens with zero attached hydrogens (tertiary/aromatic N) is 2. The first-order chi connectivity index (χ1) is 13.5. The Morgan fingerprint density at radius 1 is 1.25 bits per heavy atom. The Balaban J connectivity index is 1.81.